The van der Waals surface area contributed by atoms with Crippen LogP contribution < -0.4 is 0 Å². The number of allylic oxidation sites excluding steroid dienone is 3. The molecule has 0 atom stereocenters. The highest BCUT2D eigenvalue weighted by Crippen LogP contribution is 1.95. The first-order chi connectivity index (χ1) is 3.81. The molecule has 0 aliphatic carbocycles. The molecule has 0 rings (SSSR count). The van der Waals surface area contributed by atoms with E-state index in [0.717, 1.165) is 5.57 Å². The second-order valence-electron chi connectivity index (χ2n) is 1.47. The molecule has 8 heavy (non-hydrogen) atoms. The molecule has 2 heteroatoms. The maximum Gasteiger partial charge on any atom is 0.0433 e. The van der Waals surface area contributed by atoms with E-state index in [1.807, 2.05) is 13.0 Å². The summed E-state index contributed by atoms with van der Waals surface area (Å²) in [7, 11) is 0. The molecule has 0 fully saturated rings. The molecule has 0 aromatic carbocycles. The minimum atomic E-state index is 0.571. The average Bonchev–Trinajstić information content (AvgIpc) is 1.83. The van der Waals surface area contributed by atoms with Crippen molar-refractivity contribution in [3.8, 4) is 0 Å². The van der Waals surface area contributed by atoms with Crippen LogP contribution in [0.15, 0.2) is 23.3 Å². The van der Waals surface area contributed by atoms with Crippen LogP contribution in [0.3, 0.4) is 0 Å². The molecule has 0 unspecified atom stereocenters. The van der Waals surface area contributed by atoms with Gasteiger partial charge in [0.1, 0.15) is 0 Å². The lowest BCUT2D eigenvalue weighted by Gasteiger charge is -1.84. The van der Waals surface area contributed by atoms with Crippen LogP contribution in [-0.4, -0.2) is 5.88 Å². The molecule has 0 amide bonds. The number of hydrogen-bond donors (Lipinski definition) is 0. The molecule has 0 nitrogen and oxygen atoms in total. The minimum absolute atomic E-state index is 0.571. The van der Waals surface area contributed by atoms with Gasteiger partial charge in [0.2, 0.25) is 0 Å². The summed E-state index contributed by atoms with van der Waals surface area (Å²) in [6.07, 6.45) is 3.62. The largest absolute Gasteiger partial charge is 0.122 e. The van der Waals surface area contributed by atoms with E-state index in [1.54, 1.807) is 6.08 Å². The fourth-order valence-corrected chi connectivity index (χ4v) is 0.407. The molecular formula is C6H8Cl2. The fraction of sp³-hybridized carbons (Fsp3) is 0.333. The molecule has 0 bridgehead atoms. The Kier molecular flexibility index (Phi) is 5.24. The van der Waals surface area contributed by atoms with Crippen LogP contribution in [0, 0.1) is 0 Å². The zero-order valence-electron chi connectivity index (χ0n) is 4.70. The minimum Gasteiger partial charge on any atom is -0.122 e. The van der Waals surface area contributed by atoms with Crippen LogP contribution in [-0.2, 0) is 0 Å². The van der Waals surface area contributed by atoms with Crippen molar-refractivity contribution < 1.29 is 0 Å². The SMILES string of the molecule is CC(=CC=CCl)CCl. The lowest BCUT2D eigenvalue weighted by molar-refractivity contribution is 1.40. The van der Waals surface area contributed by atoms with Crippen molar-refractivity contribution in [2.24, 2.45) is 0 Å². The van der Waals surface area contributed by atoms with Crippen molar-refractivity contribution in [2.45, 2.75) is 6.92 Å². The standard InChI is InChI=1S/C6H8Cl2/c1-6(5-8)3-2-4-7/h2-4H,5H2,1H3. The van der Waals surface area contributed by atoms with E-state index in [0.29, 0.717) is 5.88 Å². The molecule has 0 aromatic heterocycles. The molecule has 0 radical (unpaired) electrons. The van der Waals surface area contributed by atoms with E-state index in [2.05, 4.69) is 0 Å². The van der Waals surface area contributed by atoms with Gasteiger partial charge in [0.15, 0.2) is 0 Å². The molecule has 0 aromatic rings. The van der Waals surface area contributed by atoms with Gasteiger partial charge in [0.05, 0.1) is 0 Å². The van der Waals surface area contributed by atoms with Crippen LogP contribution in [0.25, 0.3) is 0 Å². The summed E-state index contributed by atoms with van der Waals surface area (Å²) in [5.74, 6) is 0.571. The average molecular weight is 151 g/mol. The van der Waals surface area contributed by atoms with E-state index in [9.17, 15) is 0 Å². The van der Waals surface area contributed by atoms with Gasteiger partial charge in [0.25, 0.3) is 0 Å². The van der Waals surface area contributed by atoms with E-state index in [1.165, 1.54) is 5.54 Å². The number of alkyl halides is 1. The van der Waals surface area contributed by atoms with Gasteiger partial charge in [0, 0.05) is 11.4 Å². The Morgan fingerprint density at radius 2 is 2.25 bits per heavy atom. The summed E-state index contributed by atoms with van der Waals surface area (Å²) < 4.78 is 0. The Hall–Kier alpha value is 0.0600. The lowest BCUT2D eigenvalue weighted by Crippen LogP contribution is -1.71. The number of halogens is 2. The Bertz CT molecular complexity index is 103. The van der Waals surface area contributed by atoms with Gasteiger partial charge in [-0.3, -0.25) is 0 Å². The van der Waals surface area contributed by atoms with E-state index < -0.39 is 0 Å². The maximum absolute atomic E-state index is 5.44. The van der Waals surface area contributed by atoms with Crippen molar-refractivity contribution in [2.75, 3.05) is 5.88 Å². The summed E-state index contributed by atoms with van der Waals surface area (Å²) in [5, 5.41) is 0. The molecule has 0 heterocycles. The quantitative estimate of drug-likeness (QED) is 0.420. The monoisotopic (exact) mass is 150 g/mol. The van der Waals surface area contributed by atoms with Gasteiger partial charge in [-0.25, -0.2) is 0 Å². The number of rotatable bonds is 2. The lowest BCUT2D eigenvalue weighted by atomic mass is 10.3. The first kappa shape index (κ1) is 8.06. The highest BCUT2D eigenvalue weighted by Gasteiger charge is 1.77. The third-order valence-corrected chi connectivity index (χ3v) is 1.23. The van der Waals surface area contributed by atoms with Crippen LogP contribution in [0.5, 0.6) is 0 Å². The molecule has 0 aliphatic rings. The normalized spacial score (nSPS) is 13.1. The summed E-state index contributed by atoms with van der Waals surface area (Å²) in [6, 6.07) is 0. The first-order valence-electron chi connectivity index (χ1n) is 2.29. The second-order valence-corrected chi connectivity index (χ2v) is 1.98. The van der Waals surface area contributed by atoms with E-state index in [4.69, 9.17) is 23.2 Å². The molecule has 46 valence electrons. The Labute approximate surface area is 59.8 Å². The van der Waals surface area contributed by atoms with Gasteiger partial charge in [-0.15, -0.1) is 11.6 Å². The molecular weight excluding hydrogens is 143 g/mol. The topological polar surface area (TPSA) is 0 Å². The van der Waals surface area contributed by atoms with Crippen molar-refractivity contribution >= 4 is 23.2 Å². The van der Waals surface area contributed by atoms with Crippen LogP contribution in [0.4, 0.5) is 0 Å². The van der Waals surface area contributed by atoms with Gasteiger partial charge in [-0.2, -0.15) is 0 Å². The summed E-state index contributed by atoms with van der Waals surface area (Å²) in [4.78, 5) is 0. The fourth-order valence-electron chi connectivity index (χ4n) is 0.245. The molecule has 0 N–H and O–H groups in total. The second kappa shape index (κ2) is 5.20. The predicted octanol–water partition coefficient (Wildman–Crippen LogP) is 2.92. The maximum atomic E-state index is 5.44. The van der Waals surface area contributed by atoms with Gasteiger partial charge in [-0.1, -0.05) is 29.3 Å². The van der Waals surface area contributed by atoms with Gasteiger partial charge >= 0.3 is 0 Å². The Morgan fingerprint density at radius 3 is 2.62 bits per heavy atom. The van der Waals surface area contributed by atoms with Crippen molar-refractivity contribution in [3.05, 3.63) is 23.3 Å². The summed E-state index contributed by atoms with van der Waals surface area (Å²) in [6.45, 7) is 1.95. The third kappa shape index (κ3) is 4.23. The summed E-state index contributed by atoms with van der Waals surface area (Å²) in [5.41, 5.74) is 2.57. The Balaban J connectivity index is 3.57. The van der Waals surface area contributed by atoms with Crippen molar-refractivity contribution in [3.63, 3.8) is 0 Å². The zero-order chi connectivity index (χ0) is 6.41. The highest BCUT2D eigenvalue weighted by molar-refractivity contribution is 6.25. The van der Waals surface area contributed by atoms with E-state index >= 15 is 0 Å². The molecule has 0 aliphatic heterocycles. The summed E-state index contributed by atoms with van der Waals surface area (Å²) >= 11 is 10.7. The van der Waals surface area contributed by atoms with Crippen molar-refractivity contribution in [1.29, 1.82) is 0 Å². The van der Waals surface area contributed by atoms with Gasteiger partial charge < -0.3 is 0 Å². The van der Waals surface area contributed by atoms with Gasteiger partial charge in [-0.05, 0) is 6.92 Å². The Morgan fingerprint density at radius 1 is 1.62 bits per heavy atom. The predicted molar refractivity (Wildman–Crippen MR) is 39.5 cm³/mol. The first-order valence-corrected chi connectivity index (χ1v) is 3.27. The highest BCUT2D eigenvalue weighted by atomic mass is 35.5. The third-order valence-electron chi connectivity index (χ3n) is 0.664. The molecule has 0 spiro atoms. The number of hydrogen-bond acceptors (Lipinski definition) is 0. The molecule has 0 saturated carbocycles. The zero-order valence-corrected chi connectivity index (χ0v) is 6.21. The molecule has 0 saturated heterocycles. The van der Waals surface area contributed by atoms with Crippen molar-refractivity contribution in [1.82, 2.24) is 0 Å². The smallest absolute Gasteiger partial charge is 0.0433 e. The van der Waals surface area contributed by atoms with Crippen LogP contribution in [0.2, 0.25) is 0 Å². The van der Waals surface area contributed by atoms with Crippen LogP contribution in [0.1, 0.15) is 6.92 Å². The van der Waals surface area contributed by atoms with E-state index in [-0.39, 0.29) is 0 Å². The van der Waals surface area contributed by atoms with Crippen LogP contribution >= 0.6 is 23.2 Å².